The SMILES string of the molecule is Cc1ccc(O[C@@H](C)C(=O)Nc2ccccc2C(=O)N[C@@H](C)c2ccccc2)cc1C. The third-order valence-corrected chi connectivity index (χ3v) is 5.24. The summed E-state index contributed by atoms with van der Waals surface area (Å²) in [5, 5.41) is 5.81. The van der Waals surface area contributed by atoms with E-state index in [1.807, 2.05) is 69.3 Å². The molecule has 0 aromatic heterocycles. The summed E-state index contributed by atoms with van der Waals surface area (Å²) < 4.78 is 5.79. The zero-order chi connectivity index (χ0) is 22.4. The minimum atomic E-state index is -0.721. The van der Waals surface area contributed by atoms with E-state index in [9.17, 15) is 9.59 Å². The van der Waals surface area contributed by atoms with Gasteiger partial charge in [-0.15, -0.1) is 0 Å². The Bertz CT molecular complexity index is 1060. The average Bonchev–Trinajstić information content (AvgIpc) is 2.77. The second-order valence-corrected chi connectivity index (χ2v) is 7.65. The largest absolute Gasteiger partial charge is 0.481 e. The molecule has 0 bridgehead atoms. The highest BCUT2D eigenvalue weighted by Crippen LogP contribution is 2.20. The maximum absolute atomic E-state index is 12.9. The predicted octanol–water partition coefficient (Wildman–Crippen LogP) is 5.20. The first-order valence-electron chi connectivity index (χ1n) is 10.3. The number of para-hydroxylation sites is 1. The third kappa shape index (κ3) is 5.72. The molecule has 0 unspecified atom stereocenters. The van der Waals surface area contributed by atoms with Gasteiger partial charge in [0.2, 0.25) is 0 Å². The molecule has 0 radical (unpaired) electrons. The van der Waals surface area contributed by atoms with E-state index in [1.54, 1.807) is 31.2 Å². The van der Waals surface area contributed by atoms with Crippen molar-refractivity contribution in [2.45, 2.75) is 39.8 Å². The highest BCUT2D eigenvalue weighted by molar-refractivity contribution is 6.04. The van der Waals surface area contributed by atoms with Gasteiger partial charge < -0.3 is 15.4 Å². The van der Waals surface area contributed by atoms with Crippen molar-refractivity contribution in [3.63, 3.8) is 0 Å². The van der Waals surface area contributed by atoms with Crippen molar-refractivity contribution in [3.05, 3.63) is 95.1 Å². The normalized spacial score (nSPS) is 12.5. The van der Waals surface area contributed by atoms with Crippen LogP contribution in [-0.2, 0) is 4.79 Å². The molecule has 0 aliphatic heterocycles. The fraction of sp³-hybridized carbons (Fsp3) is 0.231. The predicted molar refractivity (Wildman–Crippen MR) is 123 cm³/mol. The van der Waals surface area contributed by atoms with Crippen LogP contribution in [0.15, 0.2) is 72.8 Å². The van der Waals surface area contributed by atoms with Crippen LogP contribution in [0.4, 0.5) is 5.69 Å². The lowest BCUT2D eigenvalue weighted by atomic mass is 10.1. The zero-order valence-electron chi connectivity index (χ0n) is 18.3. The maximum Gasteiger partial charge on any atom is 0.265 e. The number of nitrogens with one attached hydrogen (secondary N) is 2. The molecule has 160 valence electrons. The number of aryl methyl sites for hydroxylation is 2. The quantitative estimate of drug-likeness (QED) is 0.556. The molecule has 5 nitrogen and oxygen atoms in total. The topological polar surface area (TPSA) is 67.4 Å². The molecule has 0 saturated carbocycles. The lowest BCUT2D eigenvalue weighted by Gasteiger charge is -2.18. The van der Waals surface area contributed by atoms with Gasteiger partial charge in [0.1, 0.15) is 5.75 Å². The van der Waals surface area contributed by atoms with Crippen molar-refractivity contribution in [2.24, 2.45) is 0 Å². The van der Waals surface area contributed by atoms with E-state index in [-0.39, 0.29) is 17.9 Å². The van der Waals surface area contributed by atoms with Gasteiger partial charge >= 0.3 is 0 Å². The summed E-state index contributed by atoms with van der Waals surface area (Å²) in [6, 6.07) is 22.2. The van der Waals surface area contributed by atoms with Crippen molar-refractivity contribution in [1.29, 1.82) is 0 Å². The van der Waals surface area contributed by atoms with E-state index < -0.39 is 6.10 Å². The van der Waals surface area contributed by atoms with Crippen molar-refractivity contribution in [3.8, 4) is 5.75 Å². The average molecular weight is 417 g/mol. The number of hydrogen-bond donors (Lipinski definition) is 2. The number of benzene rings is 3. The number of carbonyl (C=O) groups excluding carboxylic acids is 2. The Hall–Kier alpha value is -3.60. The minimum absolute atomic E-state index is 0.163. The standard InChI is InChI=1S/C26H28N2O3/c1-17-14-15-22(16-18(17)2)31-20(4)25(29)28-24-13-9-8-12-23(24)26(30)27-19(3)21-10-6-5-7-11-21/h5-16,19-20H,1-4H3,(H,27,30)(H,28,29)/t19-,20-/m0/s1. The summed E-state index contributed by atoms with van der Waals surface area (Å²) in [6.45, 7) is 7.63. The van der Waals surface area contributed by atoms with Crippen molar-refractivity contribution in [2.75, 3.05) is 5.32 Å². The second kappa shape index (κ2) is 9.94. The van der Waals surface area contributed by atoms with Gasteiger partial charge in [0.25, 0.3) is 11.8 Å². The molecular formula is C26H28N2O3. The van der Waals surface area contributed by atoms with E-state index in [0.717, 1.165) is 16.7 Å². The fourth-order valence-corrected chi connectivity index (χ4v) is 3.17. The van der Waals surface area contributed by atoms with Crippen LogP contribution in [0.5, 0.6) is 5.75 Å². The Morgan fingerprint density at radius 3 is 2.23 bits per heavy atom. The highest BCUT2D eigenvalue weighted by Gasteiger charge is 2.19. The van der Waals surface area contributed by atoms with Gasteiger partial charge in [-0.05, 0) is 68.7 Å². The number of amides is 2. The van der Waals surface area contributed by atoms with E-state index in [0.29, 0.717) is 17.0 Å². The molecule has 2 amide bonds. The Kier molecular flexibility index (Phi) is 7.08. The van der Waals surface area contributed by atoms with Gasteiger partial charge in [-0.1, -0.05) is 48.5 Å². The maximum atomic E-state index is 12.9. The summed E-state index contributed by atoms with van der Waals surface area (Å²) in [5.74, 6) is 0.0537. The van der Waals surface area contributed by atoms with Crippen LogP contribution in [-0.4, -0.2) is 17.9 Å². The van der Waals surface area contributed by atoms with Gasteiger partial charge in [0, 0.05) is 0 Å². The Morgan fingerprint density at radius 1 is 0.839 bits per heavy atom. The molecule has 0 saturated heterocycles. The van der Waals surface area contributed by atoms with Crippen LogP contribution in [0.1, 0.15) is 46.9 Å². The van der Waals surface area contributed by atoms with Crippen molar-refractivity contribution in [1.82, 2.24) is 5.32 Å². The van der Waals surface area contributed by atoms with Gasteiger partial charge in [-0.3, -0.25) is 9.59 Å². The molecule has 0 aliphatic rings. The first kappa shape index (κ1) is 22.1. The van der Waals surface area contributed by atoms with E-state index >= 15 is 0 Å². The molecule has 0 spiro atoms. The van der Waals surface area contributed by atoms with Gasteiger partial charge in [0.15, 0.2) is 6.10 Å². The van der Waals surface area contributed by atoms with E-state index in [4.69, 9.17) is 4.74 Å². The molecule has 3 aromatic carbocycles. The highest BCUT2D eigenvalue weighted by atomic mass is 16.5. The molecule has 5 heteroatoms. The monoisotopic (exact) mass is 416 g/mol. The van der Waals surface area contributed by atoms with Crippen molar-refractivity contribution >= 4 is 17.5 Å². The summed E-state index contributed by atoms with van der Waals surface area (Å²) in [7, 11) is 0. The fourth-order valence-electron chi connectivity index (χ4n) is 3.17. The van der Waals surface area contributed by atoms with Crippen LogP contribution >= 0.6 is 0 Å². The Labute approximate surface area is 183 Å². The van der Waals surface area contributed by atoms with Gasteiger partial charge in [0.05, 0.1) is 17.3 Å². The second-order valence-electron chi connectivity index (χ2n) is 7.65. The van der Waals surface area contributed by atoms with Crippen LogP contribution in [0.25, 0.3) is 0 Å². The number of rotatable bonds is 7. The molecule has 0 heterocycles. The van der Waals surface area contributed by atoms with Crippen LogP contribution in [0, 0.1) is 13.8 Å². The summed E-state index contributed by atoms with van der Waals surface area (Å²) in [5.41, 5.74) is 4.11. The summed E-state index contributed by atoms with van der Waals surface area (Å²) >= 11 is 0. The lowest BCUT2D eigenvalue weighted by molar-refractivity contribution is -0.122. The number of carbonyl (C=O) groups is 2. The molecule has 31 heavy (non-hydrogen) atoms. The summed E-state index contributed by atoms with van der Waals surface area (Å²) in [4.78, 5) is 25.6. The number of hydrogen-bond acceptors (Lipinski definition) is 3. The molecule has 2 N–H and O–H groups in total. The molecule has 2 atom stereocenters. The molecule has 0 fully saturated rings. The van der Waals surface area contributed by atoms with Crippen LogP contribution < -0.4 is 15.4 Å². The first-order valence-corrected chi connectivity index (χ1v) is 10.3. The van der Waals surface area contributed by atoms with E-state index in [1.165, 1.54) is 0 Å². The number of anilines is 1. The smallest absolute Gasteiger partial charge is 0.265 e. The molecule has 3 rings (SSSR count). The van der Waals surface area contributed by atoms with Crippen molar-refractivity contribution < 1.29 is 14.3 Å². The summed E-state index contributed by atoms with van der Waals surface area (Å²) in [6.07, 6.45) is -0.721. The number of ether oxygens (including phenoxy) is 1. The Morgan fingerprint density at radius 2 is 1.52 bits per heavy atom. The lowest BCUT2D eigenvalue weighted by Crippen LogP contribution is -2.32. The zero-order valence-corrected chi connectivity index (χ0v) is 18.3. The van der Waals surface area contributed by atoms with Gasteiger partial charge in [-0.2, -0.15) is 0 Å². The Balaban J connectivity index is 1.68. The molecular weight excluding hydrogens is 388 g/mol. The first-order chi connectivity index (χ1) is 14.8. The van der Waals surface area contributed by atoms with E-state index in [2.05, 4.69) is 10.6 Å². The van der Waals surface area contributed by atoms with Crippen LogP contribution in [0.2, 0.25) is 0 Å². The van der Waals surface area contributed by atoms with Gasteiger partial charge in [-0.25, -0.2) is 0 Å². The molecule has 3 aromatic rings. The molecule has 0 aliphatic carbocycles. The van der Waals surface area contributed by atoms with Crippen LogP contribution in [0.3, 0.4) is 0 Å². The minimum Gasteiger partial charge on any atom is -0.481 e. The third-order valence-electron chi connectivity index (χ3n) is 5.24.